The Morgan fingerprint density at radius 3 is 2.50 bits per heavy atom. The zero-order valence-corrected chi connectivity index (χ0v) is 12.2. The number of nitrogens with zero attached hydrogens (tertiary/aromatic N) is 1. The standard InChI is InChI=1S/C15H27N3/c1-7-8-15(10-9-13(4)12(2)3)14(5)18(6)11-17-16/h7-8,10,13,17H,2,5,9,11,16H2,1,3-4,6H3/b8-7-,15-10+. The van der Waals surface area contributed by atoms with Gasteiger partial charge in [0, 0.05) is 12.7 Å². The normalized spacial score (nSPS) is 13.7. The molecule has 0 aromatic carbocycles. The molecule has 3 nitrogen and oxygen atoms in total. The van der Waals surface area contributed by atoms with Gasteiger partial charge in [0.15, 0.2) is 0 Å². The van der Waals surface area contributed by atoms with Gasteiger partial charge >= 0.3 is 0 Å². The van der Waals surface area contributed by atoms with Crippen molar-refractivity contribution < 1.29 is 0 Å². The number of nitrogens with two attached hydrogens (primary N) is 1. The molecule has 1 atom stereocenters. The molecular weight excluding hydrogens is 222 g/mol. The Balaban J connectivity index is 4.79. The van der Waals surface area contributed by atoms with E-state index in [0.717, 1.165) is 17.7 Å². The Bertz CT molecular complexity index is 340. The molecule has 0 aliphatic carbocycles. The first-order chi connectivity index (χ1) is 8.43. The van der Waals surface area contributed by atoms with Crippen molar-refractivity contribution in [2.45, 2.75) is 27.2 Å². The van der Waals surface area contributed by atoms with E-state index < -0.39 is 0 Å². The quantitative estimate of drug-likeness (QED) is 0.228. The lowest BCUT2D eigenvalue weighted by atomic mass is 9.98. The van der Waals surface area contributed by atoms with Gasteiger partial charge in [0.1, 0.15) is 0 Å². The molecular formula is C15H27N3. The van der Waals surface area contributed by atoms with E-state index in [-0.39, 0.29) is 0 Å². The zero-order valence-electron chi connectivity index (χ0n) is 12.2. The molecule has 0 aliphatic rings. The van der Waals surface area contributed by atoms with E-state index in [4.69, 9.17) is 5.84 Å². The van der Waals surface area contributed by atoms with Gasteiger partial charge in [0.2, 0.25) is 0 Å². The van der Waals surface area contributed by atoms with Crippen molar-refractivity contribution in [1.82, 2.24) is 10.3 Å². The van der Waals surface area contributed by atoms with E-state index in [1.807, 2.05) is 24.9 Å². The molecule has 0 spiro atoms. The maximum atomic E-state index is 5.32. The fourth-order valence-electron chi connectivity index (χ4n) is 1.42. The average Bonchev–Trinajstić information content (AvgIpc) is 2.33. The number of hydrogen-bond acceptors (Lipinski definition) is 3. The first kappa shape index (κ1) is 16.7. The molecule has 0 heterocycles. The minimum absolute atomic E-state index is 0.482. The number of hydrogen-bond donors (Lipinski definition) is 2. The monoisotopic (exact) mass is 249 g/mol. The van der Waals surface area contributed by atoms with Crippen molar-refractivity contribution in [3.8, 4) is 0 Å². The van der Waals surface area contributed by atoms with E-state index >= 15 is 0 Å². The van der Waals surface area contributed by atoms with Gasteiger partial charge in [-0.15, -0.1) is 0 Å². The fraction of sp³-hybridized carbons (Fsp3) is 0.467. The maximum absolute atomic E-state index is 5.32. The van der Waals surface area contributed by atoms with Gasteiger partial charge < -0.3 is 4.90 Å². The van der Waals surface area contributed by atoms with Crippen LogP contribution < -0.4 is 11.3 Å². The van der Waals surface area contributed by atoms with Crippen LogP contribution in [0.15, 0.2) is 48.2 Å². The van der Waals surface area contributed by atoms with Crippen LogP contribution in [0.2, 0.25) is 0 Å². The third-order valence-electron chi connectivity index (χ3n) is 3.00. The lowest BCUT2D eigenvalue weighted by Crippen LogP contribution is -2.35. The predicted molar refractivity (Wildman–Crippen MR) is 80.6 cm³/mol. The van der Waals surface area contributed by atoms with Crippen LogP contribution >= 0.6 is 0 Å². The highest BCUT2D eigenvalue weighted by Crippen LogP contribution is 2.18. The van der Waals surface area contributed by atoms with Crippen LogP contribution in [0.5, 0.6) is 0 Å². The Kier molecular flexibility index (Phi) is 8.08. The maximum Gasteiger partial charge on any atom is 0.0805 e. The Morgan fingerprint density at radius 2 is 2.06 bits per heavy atom. The van der Waals surface area contributed by atoms with E-state index in [0.29, 0.717) is 12.6 Å². The lowest BCUT2D eigenvalue weighted by molar-refractivity contribution is 0.390. The smallest absolute Gasteiger partial charge is 0.0805 e. The van der Waals surface area contributed by atoms with Crippen molar-refractivity contribution >= 4 is 0 Å². The van der Waals surface area contributed by atoms with Gasteiger partial charge in [-0.3, -0.25) is 5.84 Å². The Hall–Kier alpha value is -1.32. The van der Waals surface area contributed by atoms with Gasteiger partial charge in [0.25, 0.3) is 0 Å². The summed E-state index contributed by atoms with van der Waals surface area (Å²) >= 11 is 0. The molecule has 102 valence electrons. The summed E-state index contributed by atoms with van der Waals surface area (Å²) in [4.78, 5) is 1.98. The number of nitrogens with one attached hydrogen (secondary N) is 1. The molecule has 0 aliphatic heterocycles. The molecule has 0 saturated heterocycles. The topological polar surface area (TPSA) is 41.3 Å². The van der Waals surface area contributed by atoms with Crippen LogP contribution in [-0.4, -0.2) is 18.6 Å². The summed E-state index contributed by atoms with van der Waals surface area (Å²) in [5.41, 5.74) is 5.92. The molecule has 0 bridgehead atoms. The molecule has 0 fully saturated rings. The largest absolute Gasteiger partial charge is 0.361 e. The number of hydrazine groups is 1. The Morgan fingerprint density at radius 1 is 1.44 bits per heavy atom. The second-order valence-corrected chi connectivity index (χ2v) is 4.65. The number of allylic oxidation sites excluding steroid dienone is 4. The van der Waals surface area contributed by atoms with Crippen LogP contribution in [0.3, 0.4) is 0 Å². The highest BCUT2D eigenvalue weighted by Gasteiger charge is 2.06. The summed E-state index contributed by atoms with van der Waals surface area (Å²) < 4.78 is 0. The summed E-state index contributed by atoms with van der Waals surface area (Å²) in [6.07, 6.45) is 7.26. The Labute approximate surface area is 112 Å². The summed E-state index contributed by atoms with van der Waals surface area (Å²) in [6, 6.07) is 0. The summed E-state index contributed by atoms with van der Waals surface area (Å²) in [7, 11) is 1.96. The highest BCUT2D eigenvalue weighted by atomic mass is 15.3. The second-order valence-electron chi connectivity index (χ2n) is 4.65. The molecule has 1 unspecified atom stereocenters. The van der Waals surface area contributed by atoms with Crippen LogP contribution in [0, 0.1) is 5.92 Å². The summed E-state index contributed by atoms with van der Waals surface area (Å²) in [5, 5.41) is 0. The molecule has 0 amide bonds. The van der Waals surface area contributed by atoms with Crippen molar-refractivity contribution in [3.05, 3.63) is 48.2 Å². The van der Waals surface area contributed by atoms with Crippen molar-refractivity contribution in [1.29, 1.82) is 0 Å². The molecule has 18 heavy (non-hydrogen) atoms. The molecule has 0 rings (SSSR count). The number of likely N-dealkylation sites (N-methyl/N-ethyl adjacent to an activating group) is 1. The van der Waals surface area contributed by atoms with Crippen molar-refractivity contribution in [2.75, 3.05) is 13.7 Å². The number of rotatable bonds is 8. The minimum atomic E-state index is 0.482. The van der Waals surface area contributed by atoms with E-state index in [1.165, 1.54) is 5.57 Å². The minimum Gasteiger partial charge on any atom is -0.361 e. The summed E-state index contributed by atoms with van der Waals surface area (Å²) in [5.74, 6) is 5.80. The van der Waals surface area contributed by atoms with Crippen molar-refractivity contribution in [2.24, 2.45) is 11.8 Å². The second kappa shape index (κ2) is 8.72. The van der Waals surface area contributed by atoms with E-state index in [2.05, 4.69) is 44.6 Å². The van der Waals surface area contributed by atoms with E-state index in [1.54, 1.807) is 0 Å². The zero-order chi connectivity index (χ0) is 14.1. The molecule has 0 aromatic heterocycles. The first-order valence-corrected chi connectivity index (χ1v) is 6.26. The first-order valence-electron chi connectivity index (χ1n) is 6.26. The van der Waals surface area contributed by atoms with Gasteiger partial charge in [-0.1, -0.05) is 43.9 Å². The third kappa shape index (κ3) is 5.84. The molecule has 0 saturated carbocycles. The molecule has 3 N–H and O–H groups in total. The van der Waals surface area contributed by atoms with Crippen LogP contribution in [0.4, 0.5) is 0 Å². The van der Waals surface area contributed by atoms with E-state index in [9.17, 15) is 0 Å². The fourth-order valence-corrected chi connectivity index (χ4v) is 1.42. The predicted octanol–water partition coefficient (Wildman–Crippen LogP) is 2.96. The van der Waals surface area contributed by atoms with Gasteiger partial charge in [-0.05, 0) is 31.8 Å². The van der Waals surface area contributed by atoms with Crippen LogP contribution in [0.25, 0.3) is 0 Å². The molecule has 0 aromatic rings. The SMILES string of the molecule is C=C(C)C(C)C/C=C(\C=C/C)C(=C)N(C)CNN. The van der Waals surface area contributed by atoms with Crippen LogP contribution in [0.1, 0.15) is 27.2 Å². The average molecular weight is 249 g/mol. The van der Waals surface area contributed by atoms with Gasteiger partial charge in [-0.25, -0.2) is 5.43 Å². The highest BCUT2D eigenvalue weighted by molar-refractivity contribution is 5.36. The van der Waals surface area contributed by atoms with Crippen LogP contribution in [-0.2, 0) is 0 Å². The lowest BCUT2D eigenvalue weighted by Gasteiger charge is -2.22. The van der Waals surface area contributed by atoms with Crippen molar-refractivity contribution in [3.63, 3.8) is 0 Å². The van der Waals surface area contributed by atoms with Gasteiger partial charge in [-0.2, -0.15) is 0 Å². The third-order valence-corrected chi connectivity index (χ3v) is 3.00. The molecule has 3 heteroatoms. The molecule has 0 radical (unpaired) electrons. The summed E-state index contributed by atoms with van der Waals surface area (Å²) in [6.45, 7) is 14.9. The van der Waals surface area contributed by atoms with Gasteiger partial charge in [0.05, 0.1) is 6.67 Å².